The van der Waals surface area contributed by atoms with Gasteiger partial charge in [0.25, 0.3) is 0 Å². The number of hydrogen-bond acceptors (Lipinski definition) is 4. The van der Waals surface area contributed by atoms with E-state index in [1.165, 1.54) is 23.1 Å². The van der Waals surface area contributed by atoms with Gasteiger partial charge in [0.15, 0.2) is 0 Å². The third-order valence-electron chi connectivity index (χ3n) is 3.73. The molecule has 1 aliphatic rings. The predicted octanol–water partition coefficient (Wildman–Crippen LogP) is 2.69. The summed E-state index contributed by atoms with van der Waals surface area (Å²) in [5.74, 6) is -0.600. The molecule has 1 aromatic rings. The molecule has 0 unspecified atom stereocenters. The Morgan fingerprint density at radius 1 is 1.33 bits per heavy atom. The van der Waals surface area contributed by atoms with Crippen molar-refractivity contribution in [1.82, 2.24) is 9.62 Å². The molecule has 11 heteroatoms. The van der Waals surface area contributed by atoms with E-state index in [0.29, 0.717) is 25.1 Å². The minimum absolute atomic E-state index is 0.192. The van der Waals surface area contributed by atoms with Gasteiger partial charge in [-0.3, -0.25) is 0 Å². The molecule has 0 spiro atoms. The summed E-state index contributed by atoms with van der Waals surface area (Å²) in [4.78, 5) is 13.8. The number of benzene rings is 1. The first kappa shape index (κ1) is 21.0. The SMILES string of the molecule is C=CCS(=O)(=O)N[C@@H]1CCCN(C(=O)Nc2ccc(OC(F)(F)F)cc2)C1. The van der Waals surface area contributed by atoms with Crippen LogP contribution in [0.1, 0.15) is 12.8 Å². The van der Waals surface area contributed by atoms with Crippen molar-refractivity contribution in [1.29, 1.82) is 0 Å². The van der Waals surface area contributed by atoms with Crippen LogP contribution in [0.4, 0.5) is 23.7 Å². The summed E-state index contributed by atoms with van der Waals surface area (Å²) in [5, 5.41) is 2.57. The molecule has 0 saturated carbocycles. The maximum absolute atomic E-state index is 12.3. The van der Waals surface area contributed by atoms with E-state index >= 15 is 0 Å². The summed E-state index contributed by atoms with van der Waals surface area (Å²) in [6.45, 7) is 4.03. The second-order valence-corrected chi connectivity index (χ2v) is 7.77. The molecule has 2 N–H and O–H groups in total. The average molecular weight is 407 g/mol. The summed E-state index contributed by atoms with van der Waals surface area (Å²) in [6, 6.07) is 3.88. The zero-order chi connectivity index (χ0) is 20.1. The highest BCUT2D eigenvalue weighted by Gasteiger charge is 2.31. The molecule has 7 nitrogen and oxygen atoms in total. The number of hydrogen-bond donors (Lipinski definition) is 2. The molecular formula is C16H20F3N3O4S. The van der Waals surface area contributed by atoms with Crippen molar-refractivity contribution in [3.63, 3.8) is 0 Å². The van der Waals surface area contributed by atoms with Gasteiger partial charge in [-0.1, -0.05) is 6.08 Å². The number of nitrogens with zero attached hydrogens (tertiary/aromatic N) is 1. The molecule has 2 amide bonds. The Morgan fingerprint density at radius 3 is 2.59 bits per heavy atom. The maximum Gasteiger partial charge on any atom is 0.573 e. The van der Waals surface area contributed by atoms with E-state index in [1.807, 2.05) is 0 Å². The van der Waals surface area contributed by atoms with Gasteiger partial charge in [0.1, 0.15) is 5.75 Å². The van der Waals surface area contributed by atoms with Gasteiger partial charge in [0, 0.05) is 24.8 Å². The number of carbonyl (C=O) groups excluding carboxylic acids is 1. The summed E-state index contributed by atoms with van der Waals surface area (Å²) < 4.78 is 66.3. The zero-order valence-corrected chi connectivity index (χ0v) is 15.1. The minimum atomic E-state index is -4.79. The van der Waals surface area contributed by atoms with Crippen LogP contribution in [0.2, 0.25) is 0 Å². The van der Waals surface area contributed by atoms with Crippen molar-refractivity contribution in [3.8, 4) is 5.75 Å². The number of urea groups is 1. The standard InChI is InChI=1S/C16H20F3N3O4S/c1-2-10-27(24,25)21-13-4-3-9-22(11-13)15(23)20-12-5-7-14(8-6-12)26-16(17,18)19/h2,5-8,13,21H,1,3-4,9-11H2,(H,20,23)/t13-/m1/s1. The van der Waals surface area contributed by atoms with E-state index < -0.39 is 34.2 Å². The smallest absolute Gasteiger partial charge is 0.406 e. The summed E-state index contributed by atoms with van der Waals surface area (Å²) >= 11 is 0. The number of carbonyl (C=O) groups is 1. The second-order valence-electron chi connectivity index (χ2n) is 5.98. The third kappa shape index (κ3) is 7.10. The van der Waals surface area contributed by atoms with Crippen LogP contribution in [0.15, 0.2) is 36.9 Å². The number of ether oxygens (including phenoxy) is 1. The first-order valence-electron chi connectivity index (χ1n) is 8.10. The van der Waals surface area contributed by atoms with Gasteiger partial charge in [0.2, 0.25) is 10.0 Å². The molecule has 150 valence electrons. The number of nitrogens with one attached hydrogen (secondary N) is 2. The number of rotatable bonds is 6. The number of alkyl halides is 3. The minimum Gasteiger partial charge on any atom is -0.406 e. The van der Waals surface area contributed by atoms with E-state index in [0.717, 1.165) is 12.1 Å². The lowest BCUT2D eigenvalue weighted by Gasteiger charge is -2.33. The van der Waals surface area contributed by atoms with Crippen molar-refractivity contribution < 1.29 is 31.1 Å². The quantitative estimate of drug-likeness (QED) is 0.710. The van der Waals surface area contributed by atoms with Crippen LogP contribution in [0.3, 0.4) is 0 Å². The number of piperidine rings is 1. The van der Waals surface area contributed by atoms with Crippen molar-refractivity contribution >= 4 is 21.7 Å². The number of anilines is 1. The summed E-state index contributed by atoms with van der Waals surface area (Å²) in [7, 11) is -3.49. The van der Waals surface area contributed by atoms with Crippen molar-refractivity contribution in [2.75, 3.05) is 24.2 Å². The molecule has 0 radical (unpaired) electrons. The maximum atomic E-state index is 12.3. The van der Waals surface area contributed by atoms with Gasteiger partial charge >= 0.3 is 12.4 Å². The van der Waals surface area contributed by atoms with E-state index in [4.69, 9.17) is 0 Å². The van der Waals surface area contributed by atoms with E-state index in [9.17, 15) is 26.4 Å². The molecule has 1 atom stereocenters. The molecule has 0 aliphatic carbocycles. The lowest BCUT2D eigenvalue weighted by Crippen LogP contribution is -2.50. The Kier molecular flexibility index (Phi) is 6.71. The highest BCUT2D eigenvalue weighted by Crippen LogP contribution is 2.24. The first-order chi connectivity index (χ1) is 12.6. The number of sulfonamides is 1. The Morgan fingerprint density at radius 2 is 2.00 bits per heavy atom. The predicted molar refractivity (Wildman–Crippen MR) is 93.9 cm³/mol. The largest absolute Gasteiger partial charge is 0.573 e. The lowest BCUT2D eigenvalue weighted by molar-refractivity contribution is -0.274. The topological polar surface area (TPSA) is 87.7 Å². The molecule has 1 fully saturated rings. The van der Waals surface area contributed by atoms with Gasteiger partial charge in [-0.15, -0.1) is 19.8 Å². The fourth-order valence-corrected chi connectivity index (χ4v) is 3.76. The highest BCUT2D eigenvalue weighted by molar-refractivity contribution is 7.89. The van der Waals surface area contributed by atoms with Gasteiger partial charge in [0.05, 0.1) is 5.75 Å². The molecule has 1 saturated heterocycles. The van der Waals surface area contributed by atoms with Gasteiger partial charge < -0.3 is 15.0 Å². The molecule has 2 rings (SSSR count). The number of halogens is 3. The van der Waals surface area contributed by atoms with Gasteiger partial charge in [-0.2, -0.15) is 0 Å². The van der Waals surface area contributed by atoms with Crippen LogP contribution in [-0.2, 0) is 10.0 Å². The van der Waals surface area contributed by atoms with E-state index in [2.05, 4.69) is 21.4 Å². The van der Waals surface area contributed by atoms with Crippen molar-refractivity contribution in [2.24, 2.45) is 0 Å². The van der Waals surface area contributed by atoms with Crippen LogP contribution >= 0.6 is 0 Å². The number of likely N-dealkylation sites (tertiary alicyclic amines) is 1. The van der Waals surface area contributed by atoms with E-state index in [-0.39, 0.29) is 12.3 Å². The fraction of sp³-hybridized carbons (Fsp3) is 0.438. The third-order valence-corrected chi connectivity index (χ3v) is 5.10. The van der Waals surface area contributed by atoms with E-state index in [1.54, 1.807) is 0 Å². The molecular weight excluding hydrogens is 387 g/mol. The molecule has 1 heterocycles. The zero-order valence-electron chi connectivity index (χ0n) is 14.3. The summed E-state index contributed by atoms with van der Waals surface area (Å²) in [5.41, 5.74) is 0.295. The Labute approximate surface area is 155 Å². The van der Waals surface area contributed by atoms with Crippen LogP contribution in [0.5, 0.6) is 5.75 Å². The van der Waals surface area contributed by atoms with Crippen LogP contribution in [0, 0.1) is 0 Å². The Bertz CT molecular complexity index is 766. The monoisotopic (exact) mass is 407 g/mol. The Hall–Kier alpha value is -2.27. The molecule has 0 aromatic heterocycles. The van der Waals surface area contributed by atoms with Crippen LogP contribution < -0.4 is 14.8 Å². The Balaban J connectivity index is 1.92. The second kappa shape index (κ2) is 8.61. The molecule has 0 bridgehead atoms. The van der Waals surface area contributed by atoms with Crippen LogP contribution in [-0.4, -0.2) is 50.6 Å². The fourth-order valence-electron chi connectivity index (χ4n) is 2.66. The number of amides is 2. The average Bonchev–Trinajstić information content (AvgIpc) is 2.55. The molecule has 1 aliphatic heterocycles. The first-order valence-corrected chi connectivity index (χ1v) is 9.76. The normalized spacial score (nSPS) is 18.0. The highest BCUT2D eigenvalue weighted by atomic mass is 32.2. The van der Waals surface area contributed by atoms with Gasteiger partial charge in [-0.25, -0.2) is 17.9 Å². The molecule has 1 aromatic carbocycles. The van der Waals surface area contributed by atoms with Crippen LogP contribution in [0.25, 0.3) is 0 Å². The summed E-state index contributed by atoms with van der Waals surface area (Å²) in [6.07, 6.45) is -2.29. The van der Waals surface area contributed by atoms with Gasteiger partial charge in [-0.05, 0) is 37.1 Å². The van der Waals surface area contributed by atoms with Crippen molar-refractivity contribution in [3.05, 3.63) is 36.9 Å². The lowest BCUT2D eigenvalue weighted by atomic mass is 10.1. The molecule has 27 heavy (non-hydrogen) atoms. The van der Waals surface area contributed by atoms with Crippen molar-refractivity contribution in [2.45, 2.75) is 25.2 Å².